The number of amides is 2. The van der Waals surface area contributed by atoms with Crippen LogP contribution in [0.25, 0.3) is 23.0 Å². The zero-order valence-corrected chi connectivity index (χ0v) is 23.9. The van der Waals surface area contributed by atoms with Crippen LogP contribution in [0.15, 0.2) is 78.0 Å². The van der Waals surface area contributed by atoms with Gasteiger partial charge >= 0.3 is 6.09 Å². The molecule has 5 rings (SSSR count). The maximum atomic E-state index is 13.2. The summed E-state index contributed by atoms with van der Waals surface area (Å²) in [5.41, 5.74) is 3.48. The third-order valence-electron chi connectivity index (χ3n) is 6.22. The average molecular weight is 620 g/mol. The minimum absolute atomic E-state index is 0.185. The number of tetrazole rings is 1. The molecule has 2 amide bonds. The summed E-state index contributed by atoms with van der Waals surface area (Å²) < 4.78 is 6.07. The van der Waals surface area contributed by atoms with Crippen molar-refractivity contribution in [1.29, 1.82) is 0 Å². The SMILES string of the molecule is COC(=O)Nc1ccc(-c2[nH]c([C@H](Cc3ccc(=O)[nH]c3)NC(=O)/C=C/c3cc(Cl)ccc3-n3cnnn3)nc2Cl)cc1. The Bertz CT molecular complexity index is 1810. The topological polar surface area (TPSA) is 173 Å². The Labute approximate surface area is 253 Å². The van der Waals surface area contributed by atoms with Crippen LogP contribution in [-0.2, 0) is 16.0 Å². The standard InChI is InChI=1S/C28H23Cl2N9O4/c1-43-28(42)33-20-7-3-17(4-8-20)25-26(30)36-27(35-25)21(12-16-2-10-23(40)31-14-16)34-24(41)11-5-18-13-19(29)6-9-22(18)39-15-32-37-38-39/h2-11,13-15,21H,12H2,1H3,(H,31,40)(H,33,42)(H,34,41)(H,35,36)/b11-5+/t21-/m0/s1. The number of benzene rings is 2. The number of anilines is 1. The number of halogens is 2. The second kappa shape index (κ2) is 13.1. The largest absolute Gasteiger partial charge is 0.453 e. The number of methoxy groups -OCH3 is 1. The summed E-state index contributed by atoms with van der Waals surface area (Å²) in [5.74, 6) is -0.0359. The van der Waals surface area contributed by atoms with Gasteiger partial charge in [0, 0.05) is 46.6 Å². The van der Waals surface area contributed by atoms with Crippen molar-refractivity contribution in [3.05, 3.63) is 111 Å². The molecule has 218 valence electrons. The maximum Gasteiger partial charge on any atom is 0.411 e. The number of aromatic amines is 2. The predicted molar refractivity (Wildman–Crippen MR) is 160 cm³/mol. The van der Waals surface area contributed by atoms with E-state index in [0.29, 0.717) is 39.0 Å². The molecule has 0 aliphatic carbocycles. The Morgan fingerprint density at radius 1 is 1.12 bits per heavy atom. The van der Waals surface area contributed by atoms with E-state index in [-0.39, 0.29) is 17.1 Å². The maximum absolute atomic E-state index is 13.2. The lowest BCUT2D eigenvalue weighted by Crippen LogP contribution is -2.29. The van der Waals surface area contributed by atoms with Gasteiger partial charge in [0.05, 0.1) is 24.5 Å². The Kier molecular flexibility index (Phi) is 8.93. The number of nitrogens with one attached hydrogen (secondary N) is 4. The minimum atomic E-state index is -0.659. The molecule has 0 radical (unpaired) electrons. The molecule has 0 bridgehead atoms. The molecule has 0 aliphatic rings. The van der Waals surface area contributed by atoms with Crippen molar-refractivity contribution in [1.82, 2.24) is 40.5 Å². The summed E-state index contributed by atoms with van der Waals surface area (Å²) >= 11 is 12.7. The number of hydrogen-bond acceptors (Lipinski definition) is 8. The molecule has 13 nitrogen and oxygen atoms in total. The molecule has 2 aromatic carbocycles. The first-order valence-corrected chi connectivity index (χ1v) is 13.4. The van der Waals surface area contributed by atoms with Crippen molar-refractivity contribution < 1.29 is 14.3 Å². The van der Waals surface area contributed by atoms with Crippen LogP contribution in [-0.4, -0.2) is 54.3 Å². The van der Waals surface area contributed by atoms with E-state index >= 15 is 0 Å². The highest BCUT2D eigenvalue weighted by Crippen LogP contribution is 2.29. The highest BCUT2D eigenvalue weighted by Gasteiger charge is 2.21. The molecule has 5 aromatic rings. The fourth-order valence-corrected chi connectivity index (χ4v) is 4.59. The van der Waals surface area contributed by atoms with E-state index < -0.39 is 18.0 Å². The molecule has 0 aliphatic heterocycles. The van der Waals surface area contributed by atoms with E-state index in [2.05, 4.69) is 45.8 Å². The number of carbonyl (C=O) groups excluding carboxylic acids is 2. The smallest absolute Gasteiger partial charge is 0.411 e. The van der Waals surface area contributed by atoms with Gasteiger partial charge in [-0.1, -0.05) is 41.4 Å². The van der Waals surface area contributed by atoms with Crippen LogP contribution in [0.5, 0.6) is 0 Å². The van der Waals surface area contributed by atoms with E-state index in [1.165, 1.54) is 30.3 Å². The zero-order chi connectivity index (χ0) is 30.3. The number of rotatable bonds is 9. The molecule has 0 fully saturated rings. The van der Waals surface area contributed by atoms with Crippen LogP contribution in [0.3, 0.4) is 0 Å². The van der Waals surface area contributed by atoms with Crippen molar-refractivity contribution in [3.8, 4) is 16.9 Å². The Morgan fingerprint density at radius 2 is 1.93 bits per heavy atom. The summed E-state index contributed by atoms with van der Waals surface area (Å²) in [6.07, 6.45) is 5.65. The Balaban J connectivity index is 1.41. The summed E-state index contributed by atoms with van der Waals surface area (Å²) in [4.78, 5) is 46.6. The van der Waals surface area contributed by atoms with Crippen LogP contribution in [0, 0.1) is 0 Å². The third kappa shape index (κ3) is 7.33. The van der Waals surface area contributed by atoms with Crippen LogP contribution in [0.1, 0.15) is 23.0 Å². The second-order valence-corrected chi connectivity index (χ2v) is 9.89. The molecular formula is C28H23Cl2N9O4. The summed E-state index contributed by atoms with van der Waals surface area (Å²) in [6.45, 7) is 0. The van der Waals surface area contributed by atoms with E-state index in [1.54, 1.807) is 60.8 Å². The van der Waals surface area contributed by atoms with Crippen molar-refractivity contribution in [2.24, 2.45) is 0 Å². The fourth-order valence-electron chi connectivity index (χ4n) is 4.16. The molecule has 15 heteroatoms. The molecule has 4 N–H and O–H groups in total. The predicted octanol–water partition coefficient (Wildman–Crippen LogP) is 4.34. The van der Waals surface area contributed by atoms with E-state index in [0.717, 1.165) is 5.56 Å². The fraction of sp³-hybridized carbons (Fsp3) is 0.107. The number of nitrogens with zero attached hydrogens (tertiary/aromatic N) is 5. The molecule has 0 saturated heterocycles. The summed E-state index contributed by atoms with van der Waals surface area (Å²) in [6, 6.07) is 14.4. The van der Waals surface area contributed by atoms with Gasteiger partial charge in [-0.3, -0.25) is 14.9 Å². The van der Waals surface area contributed by atoms with Gasteiger partial charge in [-0.05, 0) is 52.4 Å². The van der Waals surface area contributed by atoms with Gasteiger partial charge in [0.15, 0.2) is 5.15 Å². The van der Waals surface area contributed by atoms with Gasteiger partial charge in [0.25, 0.3) is 0 Å². The number of hydrogen-bond donors (Lipinski definition) is 4. The first-order valence-electron chi connectivity index (χ1n) is 12.7. The molecule has 0 saturated carbocycles. The first-order chi connectivity index (χ1) is 20.8. The molecular weight excluding hydrogens is 597 g/mol. The quantitative estimate of drug-likeness (QED) is 0.176. The number of ether oxygens (including phenoxy) is 1. The van der Waals surface area contributed by atoms with Gasteiger partial charge in [-0.15, -0.1) is 5.10 Å². The number of aromatic nitrogens is 7. The van der Waals surface area contributed by atoms with E-state index in [4.69, 9.17) is 23.2 Å². The number of imidazole rings is 1. The Morgan fingerprint density at radius 3 is 2.63 bits per heavy atom. The van der Waals surface area contributed by atoms with Gasteiger partial charge in [-0.2, -0.15) is 4.68 Å². The normalized spacial score (nSPS) is 11.8. The van der Waals surface area contributed by atoms with Gasteiger partial charge < -0.3 is 20.0 Å². The van der Waals surface area contributed by atoms with Gasteiger partial charge in [0.1, 0.15) is 12.2 Å². The second-order valence-electron chi connectivity index (χ2n) is 9.10. The van der Waals surface area contributed by atoms with Crippen LogP contribution >= 0.6 is 23.2 Å². The minimum Gasteiger partial charge on any atom is -0.453 e. The average Bonchev–Trinajstić information content (AvgIpc) is 3.68. The van der Waals surface area contributed by atoms with Crippen LogP contribution < -0.4 is 16.2 Å². The van der Waals surface area contributed by atoms with Crippen LogP contribution in [0.4, 0.5) is 10.5 Å². The van der Waals surface area contributed by atoms with E-state index in [9.17, 15) is 14.4 Å². The zero-order valence-electron chi connectivity index (χ0n) is 22.4. The number of carbonyl (C=O) groups is 2. The lowest BCUT2D eigenvalue weighted by atomic mass is 10.1. The van der Waals surface area contributed by atoms with Crippen LogP contribution in [0.2, 0.25) is 10.2 Å². The monoisotopic (exact) mass is 619 g/mol. The van der Waals surface area contributed by atoms with Gasteiger partial charge in [0.2, 0.25) is 11.5 Å². The lowest BCUT2D eigenvalue weighted by Gasteiger charge is -2.16. The highest BCUT2D eigenvalue weighted by molar-refractivity contribution is 6.32. The molecule has 1 atom stereocenters. The lowest BCUT2D eigenvalue weighted by molar-refractivity contribution is -0.117. The molecule has 3 heterocycles. The summed E-state index contributed by atoms with van der Waals surface area (Å²) in [5, 5.41) is 17.4. The number of H-pyrrole nitrogens is 2. The summed E-state index contributed by atoms with van der Waals surface area (Å²) in [7, 11) is 1.28. The van der Waals surface area contributed by atoms with Crippen molar-refractivity contribution >= 4 is 47.0 Å². The first kappa shape index (κ1) is 29.2. The van der Waals surface area contributed by atoms with Crippen molar-refractivity contribution in [2.45, 2.75) is 12.5 Å². The van der Waals surface area contributed by atoms with Crippen molar-refractivity contribution in [2.75, 3.05) is 12.4 Å². The Hall–Kier alpha value is -5.27. The van der Waals surface area contributed by atoms with E-state index in [1.807, 2.05) is 0 Å². The molecule has 3 aromatic heterocycles. The number of pyridine rings is 1. The third-order valence-corrected chi connectivity index (χ3v) is 6.73. The molecule has 0 unspecified atom stereocenters. The van der Waals surface area contributed by atoms with Gasteiger partial charge in [-0.25, -0.2) is 9.78 Å². The highest BCUT2D eigenvalue weighted by atomic mass is 35.5. The van der Waals surface area contributed by atoms with Crippen molar-refractivity contribution in [3.63, 3.8) is 0 Å². The molecule has 0 spiro atoms. The molecule has 43 heavy (non-hydrogen) atoms.